The second kappa shape index (κ2) is 5.26. The van der Waals surface area contributed by atoms with Gasteiger partial charge in [-0.05, 0) is 18.6 Å². The van der Waals surface area contributed by atoms with Gasteiger partial charge < -0.3 is 14.8 Å². The van der Waals surface area contributed by atoms with Crippen LogP contribution in [0.25, 0.3) is 0 Å². The van der Waals surface area contributed by atoms with Crippen LogP contribution in [-0.2, 0) is 0 Å². The molecule has 0 bridgehead atoms. The molecule has 0 aromatic heterocycles. The fraction of sp³-hybridized carbons (Fsp3) is 0.417. The van der Waals surface area contributed by atoms with Crippen LogP contribution in [0.3, 0.4) is 0 Å². The summed E-state index contributed by atoms with van der Waals surface area (Å²) in [6, 6.07) is 7.91. The SMILES string of the molecule is N#CCCCNc1ccc2c(c1)OCCO2. The number of unbranched alkanes of at least 4 members (excludes halogenated alkanes) is 1. The van der Waals surface area contributed by atoms with Gasteiger partial charge in [-0.3, -0.25) is 0 Å². The Balaban J connectivity index is 1.93. The molecular weight excluding hydrogens is 204 g/mol. The van der Waals surface area contributed by atoms with Crippen LogP contribution in [0, 0.1) is 11.3 Å². The zero-order chi connectivity index (χ0) is 11.2. The molecule has 4 heteroatoms. The third kappa shape index (κ3) is 2.57. The van der Waals surface area contributed by atoms with E-state index in [0.29, 0.717) is 19.6 Å². The smallest absolute Gasteiger partial charge is 0.163 e. The zero-order valence-corrected chi connectivity index (χ0v) is 9.03. The molecule has 0 saturated heterocycles. The highest BCUT2D eigenvalue weighted by atomic mass is 16.6. The number of nitrogens with zero attached hydrogens (tertiary/aromatic N) is 1. The van der Waals surface area contributed by atoms with E-state index in [1.807, 2.05) is 18.2 Å². The second-order valence-electron chi connectivity index (χ2n) is 3.55. The maximum absolute atomic E-state index is 8.41. The predicted octanol–water partition coefficient (Wildman–Crippen LogP) is 2.17. The molecule has 0 spiro atoms. The van der Waals surface area contributed by atoms with Crippen molar-refractivity contribution < 1.29 is 9.47 Å². The normalized spacial score (nSPS) is 12.9. The first-order valence-corrected chi connectivity index (χ1v) is 5.40. The van der Waals surface area contributed by atoms with Gasteiger partial charge in [-0.2, -0.15) is 5.26 Å². The van der Waals surface area contributed by atoms with Crippen LogP contribution in [-0.4, -0.2) is 19.8 Å². The summed E-state index contributed by atoms with van der Waals surface area (Å²) in [5.41, 5.74) is 1.00. The molecule has 16 heavy (non-hydrogen) atoms. The summed E-state index contributed by atoms with van der Waals surface area (Å²) in [6.45, 7) is 2.01. The Morgan fingerprint density at radius 3 is 2.88 bits per heavy atom. The van der Waals surface area contributed by atoms with Gasteiger partial charge in [0, 0.05) is 24.7 Å². The highest BCUT2D eigenvalue weighted by Crippen LogP contribution is 2.32. The van der Waals surface area contributed by atoms with E-state index in [2.05, 4.69) is 11.4 Å². The molecule has 0 radical (unpaired) electrons. The molecule has 0 unspecified atom stereocenters. The predicted molar refractivity (Wildman–Crippen MR) is 60.8 cm³/mol. The summed E-state index contributed by atoms with van der Waals surface area (Å²) >= 11 is 0. The fourth-order valence-electron chi connectivity index (χ4n) is 1.55. The highest BCUT2D eigenvalue weighted by molar-refractivity contribution is 5.55. The Morgan fingerprint density at radius 1 is 1.25 bits per heavy atom. The Bertz CT molecular complexity index is 398. The molecule has 1 aliphatic heterocycles. The molecule has 0 fully saturated rings. The van der Waals surface area contributed by atoms with Crippen molar-refractivity contribution in [3.8, 4) is 17.6 Å². The quantitative estimate of drug-likeness (QED) is 0.787. The van der Waals surface area contributed by atoms with Crippen molar-refractivity contribution >= 4 is 5.69 Å². The van der Waals surface area contributed by atoms with E-state index in [0.717, 1.165) is 30.2 Å². The molecule has 4 nitrogen and oxygen atoms in total. The summed E-state index contributed by atoms with van der Waals surface area (Å²) in [7, 11) is 0. The number of benzene rings is 1. The van der Waals surface area contributed by atoms with Crippen molar-refractivity contribution in [2.45, 2.75) is 12.8 Å². The second-order valence-corrected chi connectivity index (χ2v) is 3.55. The van der Waals surface area contributed by atoms with Crippen molar-refractivity contribution in [1.82, 2.24) is 0 Å². The molecule has 1 N–H and O–H groups in total. The van der Waals surface area contributed by atoms with Crippen LogP contribution in [0.4, 0.5) is 5.69 Å². The molecule has 0 amide bonds. The molecule has 1 aromatic carbocycles. The standard InChI is InChI=1S/C12H14N2O2/c13-5-1-2-6-14-10-3-4-11-12(9-10)16-8-7-15-11/h3-4,9,14H,1-2,6-8H2. The largest absolute Gasteiger partial charge is 0.486 e. The van der Waals surface area contributed by atoms with Gasteiger partial charge in [0.2, 0.25) is 0 Å². The molecule has 1 aromatic rings. The molecule has 84 valence electrons. The lowest BCUT2D eigenvalue weighted by molar-refractivity contribution is 0.171. The maximum Gasteiger partial charge on any atom is 0.163 e. The number of ether oxygens (including phenoxy) is 2. The average Bonchev–Trinajstić information content (AvgIpc) is 2.34. The van der Waals surface area contributed by atoms with Crippen molar-refractivity contribution in [2.24, 2.45) is 0 Å². The van der Waals surface area contributed by atoms with Crippen molar-refractivity contribution in [1.29, 1.82) is 5.26 Å². The molecule has 0 aliphatic carbocycles. The Morgan fingerprint density at radius 2 is 2.06 bits per heavy atom. The summed E-state index contributed by atoms with van der Waals surface area (Å²) in [4.78, 5) is 0. The number of nitrogens with one attached hydrogen (secondary N) is 1. The van der Waals surface area contributed by atoms with Crippen LogP contribution in [0.5, 0.6) is 11.5 Å². The van der Waals surface area contributed by atoms with Crippen LogP contribution in [0.1, 0.15) is 12.8 Å². The first kappa shape index (κ1) is 10.6. The molecule has 1 aliphatic rings. The highest BCUT2D eigenvalue weighted by Gasteiger charge is 2.11. The number of nitriles is 1. The Kier molecular flexibility index (Phi) is 3.50. The zero-order valence-electron chi connectivity index (χ0n) is 9.03. The molecule has 1 heterocycles. The van der Waals surface area contributed by atoms with Gasteiger partial charge in [-0.25, -0.2) is 0 Å². The fourth-order valence-corrected chi connectivity index (χ4v) is 1.55. The van der Waals surface area contributed by atoms with E-state index in [9.17, 15) is 0 Å². The lowest BCUT2D eigenvalue weighted by Gasteiger charge is -2.19. The molecule has 0 saturated carbocycles. The number of hydrogen-bond donors (Lipinski definition) is 1. The van der Waals surface area contributed by atoms with E-state index in [4.69, 9.17) is 14.7 Å². The van der Waals surface area contributed by atoms with Gasteiger partial charge in [-0.15, -0.1) is 0 Å². The van der Waals surface area contributed by atoms with Gasteiger partial charge in [0.05, 0.1) is 6.07 Å². The molecular formula is C12H14N2O2. The topological polar surface area (TPSA) is 54.3 Å². The van der Waals surface area contributed by atoms with E-state index < -0.39 is 0 Å². The summed E-state index contributed by atoms with van der Waals surface area (Å²) in [5, 5.41) is 11.7. The van der Waals surface area contributed by atoms with Crippen molar-refractivity contribution in [3.05, 3.63) is 18.2 Å². The summed E-state index contributed by atoms with van der Waals surface area (Å²) in [6.07, 6.45) is 1.43. The van der Waals surface area contributed by atoms with E-state index in [1.54, 1.807) is 0 Å². The third-order valence-electron chi connectivity index (χ3n) is 2.34. The third-order valence-corrected chi connectivity index (χ3v) is 2.34. The van der Waals surface area contributed by atoms with E-state index >= 15 is 0 Å². The van der Waals surface area contributed by atoms with Gasteiger partial charge in [0.25, 0.3) is 0 Å². The van der Waals surface area contributed by atoms with E-state index in [1.165, 1.54) is 0 Å². The van der Waals surface area contributed by atoms with Crippen LogP contribution < -0.4 is 14.8 Å². The van der Waals surface area contributed by atoms with Gasteiger partial charge in [-0.1, -0.05) is 0 Å². The van der Waals surface area contributed by atoms with Crippen LogP contribution in [0.15, 0.2) is 18.2 Å². The lowest BCUT2D eigenvalue weighted by atomic mass is 10.2. The Labute approximate surface area is 94.8 Å². The number of hydrogen-bond acceptors (Lipinski definition) is 4. The lowest BCUT2D eigenvalue weighted by Crippen LogP contribution is -2.15. The van der Waals surface area contributed by atoms with Crippen LogP contribution >= 0.6 is 0 Å². The monoisotopic (exact) mass is 218 g/mol. The number of rotatable bonds is 4. The van der Waals surface area contributed by atoms with Gasteiger partial charge in [0.1, 0.15) is 13.2 Å². The minimum Gasteiger partial charge on any atom is -0.486 e. The summed E-state index contributed by atoms with van der Waals surface area (Å²) < 4.78 is 10.9. The van der Waals surface area contributed by atoms with Crippen LogP contribution in [0.2, 0.25) is 0 Å². The minimum atomic E-state index is 0.581. The first-order chi connectivity index (χ1) is 7.90. The van der Waals surface area contributed by atoms with Crippen molar-refractivity contribution in [3.63, 3.8) is 0 Å². The molecule has 0 atom stereocenters. The van der Waals surface area contributed by atoms with Gasteiger partial charge in [0.15, 0.2) is 11.5 Å². The number of fused-ring (bicyclic) bond motifs is 1. The van der Waals surface area contributed by atoms with Gasteiger partial charge >= 0.3 is 0 Å². The van der Waals surface area contributed by atoms with Crippen molar-refractivity contribution in [2.75, 3.05) is 25.1 Å². The van der Waals surface area contributed by atoms with E-state index in [-0.39, 0.29) is 0 Å². The first-order valence-electron chi connectivity index (χ1n) is 5.40. The average molecular weight is 218 g/mol. The molecule has 2 rings (SSSR count). The summed E-state index contributed by atoms with van der Waals surface area (Å²) in [5.74, 6) is 1.59. The maximum atomic E-state index is 8.41. The Hall–Kier alpha value is -1.89. The minimum absolute atomic E-state index is 0.581. The number of anilines is 1.